The maximum Gasteiger partial charge on any atom is 0.244 e. The highest BCUT2D eigenvalue weighted by Crippen LogP contribution is 2.22. The largest absolute Gasteiger partial charge is 0.354 e. The molecule has 1 unspecified atom stereocenters. The fourth-order valence-corrected chi connectivity index (χ4v) is 5.09. The van der Waals surface area contributed by atoms with E-state index in [0.717, 1.165) is 21.7 Å². The van der Waals surface area contributed by atoms with E-state index in [4.69, 9.17) is 0 Å². The summed E-state index contributed by atoms with van der Waals surface area (Å²) in [5, 5.41) is 2.96. The van der Waals surface area contributed by atoms with Crippen molar-refractivity contribution in [3.8, 4) is 0 Å². The zero-order valence-corrected chi connectivity index (χ0v) is 24.2. The molecule has 212 valence electrons. The third-order valence-electron chi connectivity index (χ3n) is 6.37. The van der Waals surface area contributed by atoms with Crippen LogP contribution in [0.2, 0.25) is 0 Å². The van der Waals surface area contributed by atoms with Gasteiger partial charge in [-0.3, -0.25) is 18.7 Å². The fourth-order valence-electron chi connectivity index (χ4n) is 4.25. The third kappa shape index (κ3) is 8.77. The van der Waals surface area contributed by atoms with Gasteiger partial charge in [0.25, 0.3) is 0 Å². The van der Waals surface area contributed by atoms with Gasteiger partial charge in [0.05, 0.1) is 11.9 Å². The molecule has 0 aliphatic heterocycles. The van der Waals surface area contributed by atoms with Crippen LogP contribution in [0.4, 0.5) is 5.69 Å². The van der Waals surface area contributed by atoms with Crippen LogP contribution in [0.3, 0.4) is 0 Å². The molecular formula is C31H37N3O5S. The molecule has 0 saturated carbocycles. The number of hydrogen-bond acceptors (Lipinski definition) is 5. The molecule has 2 amide bonds. The quantitative estimate of drug-likeness (QED) is 0.316. The van der Waals surface area contributed by atoms with Crippen molar-refractivity contribution in [1.29, 1.82) is 0 Å². The number of Topliss-reactive ketones (excluding diaryl/α,β-unsaturated/α-hetero) is 1. The van der Waals surface area contributed by atoms with Gasteiger partial charge in [0, 0.05) is 25.1 Å². The number of carbonyl (C=O) groups is 3. The molecule has 3 aromatic carbocycles. The molecule has 8 nitrogen and oxygen atoms in total. The molecular weight excluding hydrogens is 526 g/mol. The number of hydrogen-bond donors (Lipinski definition) is 1. The Morgan fingerprint density at radius 2 is 1.45 bits per heavy atom. The average molecular weight is 564 g/mol. The van der Waals surface area contributed by atoms with Crippen LogP contribution in [0.15, 0.2) is 84.9 Å². The van der Waals surface area contributed by atoms with Crippen LogP contribution in [0.1, 0.15) is 42.3 Å². The maximum atomic E-state index is 14.0. The topological polar surface area (TPSA) is 104 Å². The van der Waals surface area contributed by atoms with Crippen LogP contribution in [-0.2, 0) is 32.6 Å². The van der Waals surface area contributed by atoms with Crippen molar-refractivity contribution in [3.05, 3.63) is 102 Å². The lowest BCUT2D eigenvalue weighted by molar-refractivity contribution is -0.140. The zero-order chi connectivity index (χ0) is 29.3. The summed E-state index contributed by atoms with van der Waals surface area (Å²) in [7, 11) is -3.91. The van der Waals surface area contributed by atoms with Crippen LogP contribution in [-0.4, -0.2) is 56.3 Å². The molecule has 1 N–H and O–H groups in total. The van der Waals surface area contributed by atoms with Gasteiger partial charge >= 0.3 is 0 Å². The molecule has 0 aromatic heterocycles. The lowest BCUT2D eigenvalue weighted by Gasteiger charge is -2.33. The van der Waals surface area contributed by atoms with Crippen molar-refractivity contribution < 1.29 is 22.8 Å². The smallest absolute Gasteiger partial charge is 0.244 e. The van der Waals surface area contributed by atoms with E-state index >= 15 is 0 Å². The Morgan fingerprint density at radius 3 is 2.00 bits per heavy atom. The van der Waals surface area contributed by atoms with Gasteiger partial charge in [0.2, 0.25) is 21.8 Å². The van der Waals surface area contributed by atoms with Gasteiger partial charge in [-0.2, -0.15) is 0 Å². The predicted molar refractivity (Wildman–Crippen MR) is 157 cm³/mol. The zero-order valence-electron chi connectivity index (χ0n) is 23.4. The standard InChI is InChI=1S/C31H37N3O5S/c1-23(2)20-32-31(37)29(18-25-12-7-5-8-13-25)33(21-26-14-9-6-10-15-26)30(36)22-34(40(4,38)39)28-17-11-16-27(19-28)24(3)35/h5-17,19,23,29H,18,20-22H2,1-4H3,(H,32,37). The summed E-state index contributed by atoms with van der Waals surface area (Å²) in [6.07, 6.45) is 1.26. The van der Waals surface area contributed by atoms with Crippen molar-refractivity contribution in [2.45, 2.75) is 39.8 Å². The molecule has 0 fully saturated rings. The van der Waals surface area contributed by atoms with E-state index in [-0.39, 0.29) is 36.3 Å². The summed E-state index contributed by atoms with van der Waals surface area (Å²) in [6, 6.07) is 23.9. The predicted octanol–water partition coefficient (Wildman–Crippen LogP) is 4.07. The number of nitrogens with one attached hydrogen (secondary N) is 1. The highest BCUT2D eigenvalue weighted by atomic mass is 32.2. The SMILES string of the molecule is CC(=O)c1cccc(N(CC(=O)N(Cc2ccccc2)C(Cc2ccccc2)C(=O)NCC(C)C)S(C)(=O)=O)c1. The first-order valence-corrected chi connectivity index (χ1v) is 15.0. The number of anilines is 1. The molecule has 0 bridgehead atoms. The first-order valence-electron chi connectivity index (χ1n) is 13.2. The molecule has 9 heteroatoms. The van der Waals surface area contributed by atoms with Crippen molar-refractivity contribution in [2.24, 2.45) is 5.92 Å². The number of sulfonamides is 1. The van der Waals surface area contributed by atoms with E-state index in [2.05, 4.69) is 5.32 Å². The number of carbonyl (C=O) groups excluding carboxylic acids is 3. The van der Waals surface area contributed by atoms with Crippen LogP contribution in [0.5, 0.6) is 0 Å². The van der Waals surface area contributed by atoms with Gasteiger partial charge in [-0.15, -0.1) is 0 Å². The number of nitrogens with zero attached hydrogens (tertiary/aromatic N) is 2. The van der Waals surface area contributed by atoms with Gasteiger partial charge in [-0.25, -0.2) is 8.42 Å². The molecule has 0 heterocycles. The summed E-state index contributed by atoms with van der Waals surface area (Å²) >= 11 is 0. The van der Waals surface area contributed by atoms with Crippen molar-refractivity contribution in [3.63, 3.8) is 0 Å². The first kappa shape index (κ1) is 30.6. The number of rotatable bonds is 13. The summed E-state index contributed by atoms with van der Waals surface area (Å²) < 4.78 is 26.8. The van der Waals surface area contributed by atoms with Crippen LogP contribution < -0.4 is 9.62 Å². The van der Waals surface area contributed by atoms with Gasteiger partial charge < -0.3 is 10.2 Å². The number of amides is 2. The highest BCUT2D eigenvalue weighted by Gasteiger charge is 2.33. The molecule has 0 spiro atoms. The lowest BCUT2D eigenvalue weighted by Crippen LogP contribution is -2.53. The Morgan fingerprint density at radius 1 is 0.850 bits per heavy atom. The Hall–Kier alpha value is -3.98. The van der Waals surface area contributed by atoms with Gasteiger partial charge in [-0.05, 0) is 36.1 Å². The van der Waals surface area contributed by atoms with E-state index < -0.39 is 28.5 Å². The Balaban J connectivity index is 2.04. The van der Waals surface area contributed by atoms with E-state index in [1.54, 1.807) is 18.2 Å². The second-order valence-corrected chi connectivity index (χ2v) is 12.1. The average Bonchev–Trinajstić information content (AvgIpc) is 2.92. The second-order valence-electron chi connectivity index (χ2n) is 10.2. The molecule has 0 aliphatic carbocycles. The summed E-state index contributed by atoms with van der Waals surface area (Å²) in [5.74, 6) is -0.875. The second kappa shape index (κ2) is 13.9. The van der Waals surface area contributed by atoms with Crippen molar-refractivity contribution >= 4 is 33.3 Å². The molecule has 0 aliphatic rings. The molecule has 1 atom stereocenters. The molecule has 0 radical (unpaired) electrons. The van der Waals surface area contributed by atoms with E-state index in [0.29, 0.717) is 12.1 Å². The fraction of sp³-hybridized carbons (Fsp3) is 0.323. The summed E-state index contributed by atoms with van der Waals surface area (Å²) in [5.41, 5.74) is 2.20. The molecule has 0 saturated heterocycles. The Labute approximate surface area is 237 Å². The monoisotopic (exact) mass is 563 g/mol. The summed E-state index contributed by atoms with van der Waals surface area (Å²) in [4.78, 5) is 41.0. The minimum Gasteiger partial charge on any atom is -0.354 e. The summed E-state index contributed by atoms with van der Waals surface area (Å²) in [6.45, 7) is 5.37. The minimum atomic E-state index is -3.91. The lowest BCUT2D eigenvalue weighted by atomic mass is 10.0. The van der Waals surface area contributed by atoms with Gasteiger partial charge in [0.15, 0.2) is 5.78 Å². The number of ketones is 1. The van der Waals surface area contributed by atoms with Gasteiger partial charge in [0.1, 0.15) is 12.6 Å². The highest BCUT2D eigenvalue weighted by molar-refractivity contribution is 7.92. The van der Waals surface area contributed by atoms with E-state index in [1.807, 2.05) is 74.5 Å². The van der Waals surface area contributed by atoms with Crippen LogP contribution in [0.25, 0.3) is 0 Å². The Bertz CT molecular complexity index is 1410. The van der Waals surface area contributed by atoms with Crippen LogP contribution in [0, 0.1) is 5.92 Å². The van der Waals surface area contributed by atoms with Gasteiger partial charge in [-0.1, -0.05) is 86.6 Å². The third-order valence-corrected chi connectivity index (χ3v) is 7.51. The van der Waals surface area contributed by atoms with E-state index in [1.165, 1.54) is 17.9 Å². The molecule has 40 heavy (non-hydrogen) atoms. The van der Waals surface area contributed by atoms with Crippen molar-refractivity contribution in [2.75, 3.05) is 23.7 Å². The van der Waals surface area contributed by atoms with Crippen molar-refractivity contribution in [1.82, 2.24) is 10.2 Å². The number of benzene rings is 3. The molecule has 3 rings (SSSR count). The normalized spacial score (nSPS) is 12.0. The Kier molecular flexibility index (Phi) is 10.6. The first-order chi connectivity index (χ1) is 19.0. The minimum absolute atomic E-state index is 0.108. The molecule has 3 aromatic rings. The van der Waals surface area contributed by atoms with Crippen LogP contribution >= 0.6 is 0 Å². The van der Waals surface area contributed by atoms with E-state index in [9.17, 15) is 22.8 Å². The maximum absolute atomic E-state index is 14.0.